The molecular weight excluding hydrogens is 603 g/mol. The molecule has 0 aliphatic carbocycles. The van der Waals surface area contributed by atoms with E-state index >= 15 is 0 Å². The molecule has 41 heavy (non-hydrogen) atoms. The molecule has 1 aromatic rings. The lowest BCUT2D eigenvalue weighted by Crippen LogP contribution is -2.29. The Morgan fingerprint density at radius 2 is 1.29 bits per heavy atom. The Labute approximate surface area is 241 Å². The van der Waals surface area contributed by atoms with Crippen molar-refractivity contribution in [1.82, 2.24) is 4.98 Å². The van der Waals surface area contributed by atoms with Crippen molar-refractivity contribution in [3.63, 3.8) is 0 Å². The Kier molecular flexibility index (Phi) is 13.2. The Morgan fingerprint density at radius 1 is 0.780 bits per heavy atom. The number of aromatic nitrogens is 1. The molecule has 3 aliphatic rings. The topological polar surface area (TPSA) is 170 Å². The van der Waals surface area contributed by atoms with Gasteiger partial charge in [0.05, 0.1) is 24.4 Å². The Bertz CT molecular complexity index is 1000. The standard InChI is InChI=1S/C24H39NO13P3/c1-15-8-19(26)22(34-15)12-32-40(28)37-21-10-17(3)36-24(21)14-33-41(29)38-20-9-16(2)35-23(20)13-31-39(27)30-7-5-18-4-6-25-11-18/h4,6,11,15-17,19-26H,5,7-10,12-14H2,1-3H3/q+3/t15-,16-,17-,19+,20+,21+,22+,23+,24+/m0/s1. The maximum absolute atomic E-state index is 12.6. The highest BCUT2D eigenvalue weighted by molar-refractivity contribution is 7.33. The van der Waals surface area contributed by atoms with Crippen LogP contribution in [0, 0.1) is 0 Å². The first-order chi connectivity index (χ1) is 19.7. The van der Waals surface area contributed by atoms with Crippen molar-refractivity contribution in [3.05, 3.63) is 24.0 Å². The quantitative estimate of drug-likeness (QED) is 0.231. The summed E-state index contributed by atoms with van der Waals surface area (Å²) in [6, 6.07) is 1.90. The van der Waals surface area contributed by atoms with Gasteiger partial charge >= 0.3 is 24.8 Å². The van der Waals surface area contributed by atoms with Crippen LogP contribution in [0.1, 0.15) is 45.6 Å². The number of hydrogen-bond acceptors (Lipinski definition) is 13. The zero-order valence-corrected chi connectivity index (χ0v) is 26.0. The van der Waals surface area contributed by atoms with Gasteiger partial charge in [-0.05, 0) is 32.4 Å². The average Bonchev–Trinajstić information content (AvgIpc) is 3.69. The molecule has 4 heterocycles. The van der Waals surface area contributed by atoms with E-state index in [1.807, 2.05) is 33.0 Å². The molecule has 0 saturated carbocycles. The van der Waals surface area contributed by atoms with Gasteiger partial charge in [-0.25, -0.2) is 0 Å². The number of nitrogens with one attached hydrogen (secondary N) is 1. The van der Waals surface area contributed by atoms with Crippen molar-refractivity contribution >= 4 is 24.8 Å². The van der Waals surface area contributed by atoms with Gasteiger partial charge in [0.2, 0.25) is 0 Å². The molecule has 12 atom stereocenters. The highest BCUT2D eigenvalue weighted by Crippen LogP contribution is 2.39. The van der Waals surface area contributed by atoms with Gasteiger partial charge in [-0.3, -0.25) is 0 Å². The van der Waals surface area contributed by atoms with Crippen molar-refractivity contribution in [1.29, 1.82) is 0 Å². The second-order valence-corrected chi connectivity index (χ2v) is 13.2. The van der Waals surface area contributed by atoms with Crippen molar-refractivity contribution in [2.24, 2.45) is 0 Å². The third kappa shape index (κ3) is 10.7. The van der Waals surface area contributed by atoms with Gasteiger partial charge in [-0.15, -0.1) is 27.1 Å². The van der Waals surface area contributed by atoms with Gasteiger partial charge in [0, 0.05) is 51.8 Å². The maximum Gasteiger partial charge on any atom is 0.697 e. The average molecular weight is 642 g/mol. The third-order valence-electron chi connectivity index (χ3n) is 6.91. The summed E-state index contributed by atoms with van der Waals surface area (Å²) in [5.74, 6) is 0. The predicted octanol–water partition coefficient (Wildman–Crippen LogP) is 4.26. The van der Waals surface area contributed by atoms with Crippen molar-refractivity contribution in [2.45, 2.75) is 101 Å². The fourth-order valence-corrected chi connectivity index (χ4v) is 7.05. The monoisotopic (exact) mass is 642 g/mol. The number of H-pyrrole nitrogens is 1. The molecule has 0 aromatic carbocycles. The van der Waals surface area contributed by atoms with Crippen LogP contribution in [-0.4, -0.2) is 91.5 Å². The first kappa shape index (κ1) is 33.1. The molecule has 4 rings (SSSR count). The van der Waals surface area contributed by atoms with Gasteiger partial charge < -0.3 is 24.3 Å². The summed E-state index contributed by atoms with van der Waals surface area (Å²) in [6.45, 7) is 5.51. The molecule has 3 aliphatic heterocycles. The van der Waals surface area contributed by atoms with Gasteiger partial charge in [-0.2, -0.15) is 0 Å². The number of ether oxygens (including phenoxy) is 3. The molecule has 3 unspecified atom stereocenters. The first-order valence-corrected chi connectivity index (χ1v) is 17.0. The van der Waals surface area contributed by atoms with Gasteiger partial charge in [-0.1, -0.05) is 0 Å². The Hall–Kier alpha value is -0.820. The SMILES string of the molecule is C[C@H]1C[C@@H](O)[C@@H](CO[P+](=O)O[C@@H]2C[C@H](C)O[C@@H]2CO[P+](=O)O[C@@H]2C[C@H](C)O[C@@H]2CO[P+](=O)OCCc2cc[nH]c2)O1. The van der Waals surface area contributed by atoms with Crippen molar-refractivity contribution in [3.8, 4) is 0 Å². The maximum atomic E-state index is 12.6. The number of aromatic amines is 1. The van der Waals surface area contributed by atoms with Crippen LogP contribution in [0.3, 0.4) is 0 Å². The predicted molar refractivity (Wildman–Crippen MR) is 144 cm³/mol. The third-order valence-corrected chi connectivity index (χ3v) is 9.27. The second-order valence-electron chi connectivity index (χ2n) is 10.4. The highest BCUT2D eigenvalue weighted by Gasteiger charge is 2.46. The summed E-state index contributed by atoms with van der Waals surface area (Å²) >= 11 is 0. The minimum atomic E-state index is -2.56. The van der Waals surface area contributed by atoms with E-state index in [4.69, 9.17) is 41.4 Å². The van der Waals surface area contributed by atoms with Gasteiger partial charge in [0.25, 0.3) is 0 Å². The molecule has 0 radical (unpaired) electrons. The van der Waals surface area contributed by atoms with E-state index in [9.17, 15) is 18.8 Å². The van der Waals surface area contributed by atoms with E-state index in [1.54, 1.807) is 6.20 Å². The Morgan fingerprint density at radius 3 is 1.80 bits per heavy atom. The molecule has 230 valence electrons. The normalized spacial score (nSPS) is 34.7. The van der Waals surface area contributed by atoms with Crippen LogP contribution >= 0.6 is 24.8 Å². The number of hydrogen-bond donors (Lipinski definition) is 2. The summed E-state index contributed by atoms with van der Waals surface area (Å²) in [7, 11) is -7.42. The smallest absolute Gasteiger partial charge is 0.390 e. The molecule has 0 amide bonds. The summed E-state index contributed by atoms with van der Waals surface area (Å²) < 4.78 is 86.6. The van der Waals surface area contributed by atoms with Crippen molar-refractivity contribution < 1.29 is 60.2 Å². The van der Waals surface area contributed by atoms with Gasteiger partial charge in [0.15, 0.2) is 0 Å². The van der Waals surface area contributed by atoms with E-state index in [-0.39, 0.29) is 44.7 Å². The molecule has 17 heteroatoms. The van der Waals surface area contributed by atoms with Crippen molar-refractivity contribution in [2.75, 3.05) is 26.4 Å². The lowest BCUT2D eigenvalue weighted by atomic mass is 10.1. The summed E-state index contributed by atoms with van der Waals surface area (Å²) in [5, 5.41) is 9.95. The highest BCUT2D eigenvalue weighted by atomic mass is 31.1. The van der Waals surface area contributed by atoms with Crippen LogP contribution < -0.4 is 0 Å². The molecule has 2 N–H and O–H groups in total. The molecule has 3 fully saturated rings. The van der Waals surface area contributed by atoms with Crippen LogP contribution in [0.25, 0.3) is 0 Å². The van der Waals surface area contributed by atoms with E-state index in [0.717, 1.165) is 5.56 Å². The molecule has 1 aromatic heterocycles. The molecule has 0 bridgehead atoms. The van der Waals surface area contributed by atoms with Crippen LogP contribution in [0.5, 0.6) is 0 Å². The molecule has 0 spiro atoms. The first-order valence-electron chi connectivity index (χ1n) is 13.7. The number of aliphatic hydroxyl groups is 1. The number of rotatable bonds is 17. The van der Waals surface area contributed by atoms with E-state index < -0.39 is 61.4 Å². The Balaban J connectivity index is 1.15. The summed E-state index contributed by atoms with van der Waals surface area (Å²) in [5.41, 5.74) is 1.03. The molecular formula is C24H39NO13P3+3. The zero-order chi connectivity index (χ0) is 29.4. The summed E-state index contributed by atoms with van der Waals surface area (Å²) in [6.07, 6.45) is 1.39. The minimum Gasteiger partial charge on any atom is -0.390 e. The van der Waals surface area contributed by atoms with E-state index in [2.05, 4.69) is 4.98 Å². The van der Waals surface area contributed by atoms with Crippen LogP contribution in [0.2, 0.25) is 0 Å². The van der Waals surface area contributed by atoms with Gasteiger partial charge in [0.1, 0.15) is 56.9 Å². The van der Waals surface area contributed by atoms with Crippen LogP contribution in [0.4, 0.5) is 0 Å². The lowest BCUT2D eigenvalue weighted by Gasteiger charge is -2.12. The number of aliphatic hydroxyl groups excluding tert-OH is 1. The van der Waals surface area contributed by atoms with E-state index in [0.29, 0.717) is 25.7 Å². The molecule has 14 nitrogen and oxygen atoms in total. The van der Waals surface area contributed by atoms with Crippen LogP contribution in [-0.2, 0) is 61.5 Å². The second kappa shape index (κ2) is 16.3. The largest absolute Gasteiger partial charge is 0.697 e. The fraction of sp³-hybridized carbons (Fsp3) is 0.833. The minimum absolute atomic E-state index is 0.0639. The molecule has 3 saturated heterocycles. The summed E-state index contributed by atoms with van der Waals surface area (Å²) in [4.78, 5) is 2.94. The van der Waals surface area contributed by atoms with Crippen LogP contribution in [0.15, 0.2) is 18.5 Å². The fourth-order valence-electron chi connectivity index (χ4n) is 4.92. The lowest BCUT2D eigenvalue weighted by molar-refractivity contribution is -0.0253. The zero-order valence-electron chi connectivity index (χ0n) is 23.3. The van der Waals surface area contributed by atoms with E-state index in [1.165, 1.54) is 0 Å².